The molecule has 0 heterocycles. The Balaban J connectivity index is 5.22. The van der Waals surface area contributed by atoms with Crippen LogP contribution >= 0.6 is 15.6 Å². The van der Waals surface area contributed by atoms with E-state index < -0.39 is 97.5 Å². The summed E-state index contributed by atoms with van der Waals surface area (Å²) >= 11 is 0. The SMILES string of the molecule is CCCCCCCCCCCCCCCCCCCCCCC(=O)O[C@H](COC(=O)CCCCCCCCCCCCCC(C)C)COP(=O)(O)OC[C@@H](O)COP(=O)(O)OC[C@@H](COC(=O)CCCCCCCCCC(C)C)OC(=O)CCCCCCCCCCCCCC. The molecule has 0 saturated carbocycles. The van der Waals surface area contributed by atoms with Crippen LogP contribution in [0.3, 0.4) is 0 Å². The minimum absolute atomic E-state index is 0.107. The number of phosphoric ester groups is 2. The average molecular weight is 1410 g/mol. The van der Waals surface area contributed by atoms with Crippen molar-refractivity contribution >= 4 is 39.5 Å². The van der Waals surface area contributed by atoms with Crippen LogP contribution in [0.5, 0.6) is 0 Å². The van der Waals surface area contributed by atoms with Gasteiger partial charge in [0.05, 0.1) is 26.4 Å². The quantitative estimate of drug-likeness (QED) is 0.0222. The predicted octanol–water partition coefficient (Wildman–Crippen LogP) is 22.7. The van der Waals surface area contributed by atoms with E-state index >= 15 is 0 Å². The van der Waals surface area contributed by atoms with Gasteiger partial charge in [-0.15, -0.1) is 0 Å². The number of aliphatic hydroxyl groups excluding tert-OH is 1. The molecule has 0 radical (unpaired) electrons. The second-order valence-electron chi connectivity index (χ2n) is 28.7. The van der Waals surface area contributed by atoms with Gasteiger partial charge in [0.2, 0.25) is 0 Å². The van der Waals surface area contributed by atoms with Crippen LogP contribution < -0.4 is 0 Å². The number of unbranched alkanes of at least 4 members (excludes halogenated alkanes) is 46. The number of carbonyl (C=O) groups excluding carboxylic acids is 4. The summed E-state index contributed by atoms with van der Waals surface area (Å²) in [4.78, 5) is 72.8. The molecule has 96 heavy (non-hydrogen) atoms. The van der Waals surface area contributed by atoms with Gasteiger partial charge in [-0.1, -0.05) is 350 Å². The highest BCUT2D eigenvalue weighted by Crippen LogP contribution is 2.45. The summed E-state index contributed by atoms with van der Waals surface area (Å²) in [6.07, 6.45) is 57.0. The molecule has 570 valence electrons. The lowest BCUT2D eigenvalue weighted by atomic mass is 10.0. The van der Waals surface area contributed by atoms with Crippen LogP contribution in [0.2, 0.25) is 0 Å². The standard InChI is InChI=1S/C77H150O17P2/c1-7-9-11-13-15-17-19-21-22-23-24-25-26-27-28-32-37-43-50-56-62-77(82)93-72(65-87-74(79)59-53-47-41-35-33-29-30-34-39-45-51-57-69(3)4)67-91-95(83,84)89-63-71(78)64-90-96(85,86)92-68-73(66-88-75(80)60-54-48-44-38-40-46-52-58-70(5)6)94-76(81)61-55-49-42-36-31-20-18-16-14-12-10-8-2/h69-73,78H,7-68H2,1-6H3,(H,83,84)(H,85,86)/t71-,72-,73-/m1/s1. The lowest BCUT2D eigenvalue weighted by Crippen LogP contribution is -2.30. The highest BCUT2D eigenvalue weighted by molar-refractivity contribution is 7.47. The Morgan fingerprint density at radius 2 is 0.479 bits per heavy atom. The molecule has 0 aliphatic heterocycles. The first-order valence-corrected chi connectivity index (χ1v) is 43.0. The number of rotatable bonds is 76. The Morgan fingerprint density at radius 3 is 0.708 bits per heavy atom. The fourth-order valence-electron chi connectivity index (χ4n) is 11.8. The minimum atomic E-state index is -4.96. The van der Waals surface area contributed by atoms with Gasteiger partial charge in [0.1, 0.15) is 19.3 Å². The highest BCUT2D eigenvalue weighted by atomic mass is 31.2. The lowest BCUT2D eigenvalue weighted by molar-refractivity contribution is -0.161. The molecule has 0 rings (SSSR count). The molecule has 0 aromatic heterocycles. The molecule has 3 N–H and O–H groups in total. The van der Waals surface area contributed by atoms with Crippen molar-refractivity contribution in [1.82, 2.24) is 0 Å². The first-order chi connectivity index (χ1) is 46.4. The summed E-state index contributed by atoms with van der Waals surface area (Å²) in [6, 6.07) is 0. The molecule has 0 bridgehead atoms. The normalized spacial score (nSPS) is 14.0. The predicted molar refractivity (Wildman–Crippen MR) is 391 cm³/mol. The van der Waals surface area contributed by atoms with Gasteiger partial charge in [-0.3, -0.25) is 37.3 Å². The minimum Gasteiger partial charge on any atom is -0.462 e. The van der Waals surface area contributed by atoms with Crippen LogP contribution in [0, 0.1) is 11.8 Å². The number of phosphoric acid groups is 2. The molecular weight excluding hydrogens is 1260 g/mol. The number of esters is 4. The van der Waals surface area contributed by atoms with E-state index in [1.807, 2.05) is 0 Å². The van der Waals surface area contributed by atoms with Gasteiger partial charge in [-0.25, -0.2) is 9.13 Å². The van der Waals surface area contributed by atoms with Crippen molar-refractivity contribution in [1.29, 1.82) is 0 Å². The van der Waals surface area contributed by atoms with Gasteiger partial charge < -0.3 is 33.8 Å². The zero-order valence-corrected chi connectivity index (χ0v) is 64.5. The largest absolute Gasteiger partial charge is 0.472 e. The van der Waals surface area contributed by atoms with E-state index in [2.05, 4.69) is 41.5 Å². The van der Waals surface area contributed by atoms with Crippen LogP contribution in [0.15, 0.2) is 0 Å². The fourth-order valence-corrected chi connectivity index (χ4v) is 13.4. The molecular formula is C77H150O17P2. The average Bonchev–Trinajstić information content (AvgIpc) is 1.15. The summed E-state index contributed by atoms with van der Waals surface area (Å²) in [6.45, 7) is 9.55. The van der Waals surface area contributed by atoms with E-state index in [0.717, 1.165) is 102 Å². The molecule has 2 unspecified atom stereocenters. The monoisotopic (exact) mass is 1410 g/mol. The number of ether oxygens (including phenoxy) is 4. The maximum absolute atomic E-state index is 13.1. The molecule has 0 saturated heterocycles. The summed E-state index contributed by atoms with van der Waals surface area (Å²) in [5.41, 5.74) is 0. The van der Waals surface area contributed by atoms with Crippen LogP contribution in [-0.4, -0.2) is 96.7 Å². The third kappa shape index (κ3) is 70.5. The third-order valence-electron chi connectivity index (χ3n) is 18.0. The first-order valence-electron chi connectivity index (χ1n) is 40.0. The Bertz CT molecular complexity index is 1860. The number of aliphatic hydroxyl groups is 1. The molecule has 0 aromatic rings. The smallest absolute Gasteiger partial charge is 0.462 e. The van der Waals surface area contributed by atoms with E-state index in [4.69, 9.17) is 37.0 Å². The van der Waals surface area contributed by atoms with Crippen LogP contribution in [0.4, 0.5) is 0 Å². The van der Waals surface area contributed by atoms with E-state index in [1.54, 1.807) is 0 Å². The number of carbonyl (C=O) groups is 4. The van der Waals surface area contributed by atoms with Crippen molar-refractivity contribution in [3.8, 4) is 0 Å². The summed E-state index contributed by atoms with van der Waals surface area (Å²) in [7, 11) is -9.91. The van der Waals surface area contributed by atoms with E-state index in [0.29, 0.717) is 31.6 Å². The van der Waals surface area contributed by atoms with E-state index in [-0.39, 0.29) is 25.7 Å². The van der Waals surface area contributed by atoms with Gasteiger partial charge in [-0.2, -0.15) is 0 Å². The zero-order chi connectivity index (χ0) is 70.7. The second kappa shape index (κ2) is 68.8. The maximum Gasteiger partial charge on any atom is 0.472 e. The fraction of sp³-hybridized carbons (Fsp3) is 0.948. The van der Waals surface area contributed by atoms with Gasteiger partial charge >= 0.3 is 39.5 Å². The van der Waals surface area contributed by atoms with Gasteiger partial charge in [0.15, 0.2) is 12.2 Å². The van der Waals surface area contributed by atoms with Crippen molar-refractivity contribution < 1.29 is 80.2 Å². The molecule has 0 aliphatic rings. The summed E-state index contributed by atoms with van der Waals surface area (Å²) in [5, 5.41) is 10.6. The Hall–Kier alpha value is -1.94. The topological polar surface area (TPSA) is 237 Å². The molecule has 17 nitrogen and oxygen atoms in total. The van der Waals surface area contributed by atoms with Crippen molar-refractivity contribution in [2.75, 3.05) is 39.6 Å². The van der Waals surface area contributed by atoms with Gasteiger partial charge in [0, 0.05) is 25.7 Å². The summed E-state index contributed by atoms with van der Waals surface area (Å²) < 4.78 is 68.5. The van der Waals surface area contributed by atoms with Crippen molar-refractivity contribution in [2.45, 2.75) is 419 Å². The van der Waals surface area contributed by atoms with Crippen molar-refractivity contribution in [2.24, 2.45) is 11.8 Å². The van der Waals surface area contributed by atoms with Gasteiger partial charge in [0.25, 0.3) is 0 Å². The van der Waals surface area contributed by atoms with Crippen molar-refractivity contribution in [3.63, 3.8) is 0 Å². The Kier molecular flexibility index (Phi) is 67.4. The number of hydrogen-bond acceptors (Lipinski definition) is 15. The Labute approximate surface area is 588 Å². The molecule has 0 fully saturated rings. The van der Waals surface area contributed by atoms with Crippen LogP contribution in [0.1, 0.15) is 401 Å². The molecule has 5 atom stereocenters. The highest BCUT2D eigenvalue weighted by Gasteiger charge is 2.30. The molecule has 0 aliphatic carbocycles. The maximum atomic E-state index is 13.1. The third-order valence-corrected chi connectivity index (χ3v) is 19.9. The lowest BCUT2D eigenvalue weighted by Gasteiger charge is -2.21. The zero-order valence-electron chi connectivity index (χ0n) is 62.7. The number of hydrogen-bond donors (Lipinski definition) is 3. The Morgan fingerprint density at radius 1 is 0.281 bits per heavy atom. The van der Waals surface area contributed by atoms with Crippen LogP contribution in [-0.2, 0) is 65.4 Å². The van der Waals surface area contributed by atoms with Crippen molar-refractivity contribution in [3.05, 3.63) is 0 Å². The molecule has 0 amide bonds. The summed E-state index contributed by atoms with van der Waals surface area (Å²) in [5.74, 6) is -0.639. The first kappa shape index (κ1) is 94.1. The molecule has 0 aromatic carbocycles. The van der Waals surface area contributed by atoms with Gasteiger partial charge in [-0.05, 0) is 37.5 Å². The second-order valence-corrected chi connectivity index (χ2v) is 31.6. The molecule has 19 heteroatoms. The van der Waals surface area contributed by atoms with E-state index in [1.165, 1.54) is 212 Å². The molecule has 0 spiro atoms. The van der Waals surface area contributed by atoms with Crippen LogP contribution in [0.25, 0.3) is 0 Å². The van der Waals surface area contributed by atoms with E-state index in [9.17, 15) is 43.2 Å².